The van der Waals surface area contributed by atoms with Crippen LogP contribution < -0.4 is 20.5 Å². The Labute approximate surface area is 436 Å². The molecule has 4 aromatic heterocycles. The van der Waals surface area contributed by atoms with Gasteiger partial charge in [0, 0.05) is 50.7 Å². The number of nitrogens with two attached hydrogens (primary N) is 1. The smallest absolute Gasteiger partial charge is 0.406 e. The van der Waals surface area contributed by atoms with Gasteiger partial charge in [-0.15, -0.1) is 36.5 Å². The molecule has 4 heterocycles. The van der Waals surface area contributed by atoms with Gasteiger partial charge < -0.3 is 39.0 Å². The summed E-state index contributed by atoms with van der Waals surface area (Å²) < 4.78 is 105. The second-order valence-corrected chi connectivity index (χ2v) is 15.8. The Morgan fingerprint density at radius 2 is 1.08 bits per heavy atom. The zero-order chi connectivity index (χ0) is 55.3. The molecule has 8 rings (SSSR count). The van der Waals surface area contributed by atoms with Crippen LogP contribution in [-0.2, 0) is 32.2 Å². The lowest BCUT2D eigenvalue weighted by atomic mass is 10.1. The van der Waals surface area contributed by atoms with Crippen LogP contribution in [0.4, 0.5) is 26.3 Å². The third-order valence-corrected chi connectivity index (χ3v) is 9.94. The Kier molecular flexibility index (Phi) is 23.3. The molecule has 410 valence electrons. The van der Waals surface area contributed by atoms with E-state index in [0.717, 1.165) is 54.8 Å². The number of methoxy groups -OCH3 is 2. The van der Waals surface area contributed by atoms with Crippen LogP contribution in [0.15, 0.2) is 106 Å². The van der Waals surface area contributed by atoms with Crippen molar-refractivity contribution < 1.29 is 68.7 Å². The van der Waals surface area contributed by atoms with E-state index >= 15 is 0 Å². The monoisotopic (exact) mass is 1080 g/mol. The number of nitrogens with one attached hydrogen (secondary N) is 1. The molecule has 0 saturated carbocycles. The predicted molar refractivity (Wildman–Crippen MR) is 262 cm³/mol. The third-order valence-electron chi connectivity index (χ3n) is 9.94. The van der Waals surface area contributed by atoms with Gasteiger partial charge >= 0.3 is 18.9 Å². The van der Waals surface area contributed by atoms with E-state index < -0.39 is 12.7 Å². The highest BCUT2D eigenvalue weighted by atomic mass is 19.4. The van der Waals surface area contributed by atoms with Gasteiger partial charge in [0.15, 0.2) is 0 Å². The number of halogens is 6. The van der Waals surface area contributed by atoms with Gasteiger partial charge in [-0.1, -0.05) is 59.7 Å². The molecule has 0 aliphatic carbocycles. The lowest BCUT2D eigenvalue weighted by Crippen LogP contribution is -2.25. The van der Waals surface area contributed by atoms with Crippen LogP contribution in [0.2, 0.25) is 0 Å². The van der Waals surface area contributed by atoms with E-state index in [0.29, 0.717) is 54.6 Å². The fraction of sp³-hybridized carbons (Fsp3) is 0.320. The van der Waals surface area contributed by atoms with E-state index in [2.05, 4.69) is 61.3 Å². The lowest BCUT2D eigenvalue weighted by molar-refractivity contribution is -0.275. The third kappa shape index (κ3) is 19.9. The highest BCUT2D eigenvalue weighted by molar-refractivity contribution is 5.94. The molecule has 1 amide bonds. The van der Waals surface area contributed by atoms with Crippen molar-refractivity contribution in [3.63, 3.8) is 0 Å². The van der Waals surface area contributed by atoms with Crippen molar-refractivity contribution in [1.29, 1.82) is 0 Å². The maximum atomic E-state index is 12.4. The molecule has 8 aromatic rings. The summed E-state index contributed by atoms with van der Waals surface area (Å²) in [7, 11) is 3.29. The number of nitrogens with zero attached hydrogens (tertiary/aromatic N) is 10. The van der Waals surface area contributed by atoms with E-state index in [4.69, 9.17) is 33.8 Å². The highest BCUT2D eigenvalue weighted by Gasteiger charge is 2.32. The summed E-state index contributed by atoms with van der Waals surface area (Å²) in [6.07, 6.45) is -7.59. The second-order valence-electron chi connectivity index (χ2n) is 15.8. The molecule has 0 radical (unpaired) electrons. The summed E-state index contributed by atoms with van der Waals surface area (Å²) in [5.41, 5.74) is 9.64. The maximum absolute atomic E-state index is 12.4. The molecule has 77 heavy (non-hydrogen) atoms. The second kappa shape index (κ2) is 29.4. The number of hydrogen-bond acceptors (Lipinski definition) is 18. The minimum Gasteiger partial charge on any atom is -0.406 e. The molecule has 0 spiro atoms. The summed E-state index contributed by atoms with van der Waals surface area (Å²) >= 11 is 0. The molecule has 0 saturated heterocycles. The van der Waals surface area contributed by atoms with Crippen molar-refractivity contribution in [1.82, 2.24) is 55.1 Å². The molecule has 0 aliphatic heterocycles. The van der Waals surface area contributed by atoms with Crippen molar-refractivity contribution in [2.24, 2.45) is 5.73 Å². The molecule has 3 N–H and O–H groups in total. The average Bonchev–Trinajstić information content (AvgIpc) is 4.21. The van der Waals surface area contributed by atoms with E-state index in [1.807, 2.05) is 38.1 Å². The zero-order valence-electron chi connectivity index (χ0n) is 41.4. The number of benzene rings is 4. The Morgan fingerprint density at radius 1 is 0.636 bits per heavy atom. The first-order chi connectivity index (χ1) is 36.3. The Hall–Kier alpha value is -8.65. The first-order valence-corrected chi connectivity index (χ1v) is 22.6. The molecule has 0 bridgehead atoms. The zero-order valence-corrected chi connectivity index (χ0v) is 41.4. The predicted octanol–water partition coefficient (Wildman–Crippen LogP) is 8.61. The van der Waals surface area contributed by atoms with Gasteiger partial charge in [-0.25, -0.2) is 19.3 Å². The van der Waals surface area contributed by atoms with Gasteiger partial charge in [0.05, 0.1) is 13.1 Å². The van der Waals surface area contributed by atoms with Gasteiger partial charge in [-0.3, -0.25) is 4.79 Å². The van der Waals surface area contributed by atoms with Gasteiger partial charge in [0.1, 0.15) is 23.1 Å². The van der Waals surface area contributed by atoms with Gasteiger partial charge in [-0.05, 0) is 112 Å². The van der Waals surface area contributed by atoms with Crippen LogP contribution in [0, 0.1) is 20.8 Å². The normalized spacial score (nSPS) is 10.9. The number of aryl methyl sites for hydroxylation is 3. The summed E-state index contributed by atoms with van der Waals surface area (Å²) in [5, 5.41) is 19.4. The minimum atomic E-state index is -4.78. The topological polar surface area (TPSA) is 265 Å². The summed E-state index contributed by atoms with van der Waals surface area (Å²) in [4.78, 5) is 45.9. The highest BCUT2D eigenvalue weighted by Crippen LogP contribution is 2.28. The fourth-order valence-corrected chi connectivity index (χ4v) is 6.51. The number of alkyl halides is 6. The molecule has 27 heteroatoms. The minimum absolute atomic E-state index is 0. The van der Waals surface area contributed by atoms with E-state index in [9.17, 15) is 31.1 Å². The van der Waals surface area contributed by atoms with Crippen molar-refractivity contribution in [2.75, 3.05) is 40.5 Å². The number of carbonyl (C=O) groups excluding carboxylic acids is 3. The molecular formula is C50H54F6N12O9. The van der Waals surface area contributed by atoms with Crippen molar-refractivity contribution in [3.8, 4) is 57.7 Å². The van der Waals surface area contributed by atoms with Crippen molar-refractivity contribution in [2.45, 2.75) is 66.9 Å². The maximum Gasteiger partial charge on any atom is 0.573 e. The number of hydrogen-bond donors (Lipinski definition) is 2. The molecule has 0 atom stereocenters. The Bertz CT molecular complexity index is 3090. The van der Waals surface area contributed by atoms with Crippen LogP contribution in [0.25, 0.3) is 46.2 Å². The molecule has 21 nitrogen and oxygen atoms in total. The van der Waals surface area contributed by atoms with E-state index in [1.54, 1.807) is 48.7 Å². The SMILES string of the molecule is C.COCCCN.COCCCNC(=O)c1cccc(Cn2nc(-c3nc(-c4ccc(OC(F)(F)F)cc4)no3)nc2C)c1.Cc1cccc(Cn2nc(-c3nc(-c4ccc(OC(F)(F)F)cc4)no3)nc2C)c1.O=C=O. The van der Waals surface area contributed by atoms with Crippen molar-refractivity contribution >= 4 is 12.1 Å². The van der Waals surface area contributed by atoms with Crippen LogP contribution in [0.3, 0.4) is 0 Å². The average molecular weight is 1080 g/mol. The first-order valence-electron chi connectivity index (χ1n) is 22.6. The molecular weight excluding hydrogens is 1030 g/mol. The van der Waals surface area contributed by atoms with Crippen LogP contribution in [0.1, 0.15) is 59.0 Å². The summed E-state index contributed by atoms with van der Waals surface area (Å²) in [6.45, 7) is 9.10. The number of aromatic nitrogens is 10. The van der Waals surface area contributed by atoms with Gasteiger partial charge in [0.25, 0.3) is 17.7 Å². The van der Waals surface area contributed by atoms with E-state index in [-0.39, 0.29) is 66.1 Å². The van der Waals surface area contributed by atoms with Gasteiger partial charge in [-0.2, -0.15) is 19.6 Å². The lowest BCUT2D eigenvalue weighted by Gasteiger charge is -2.08. The Balaban J connectivity index is 0.000000288. The van der Waals surface area contributed by atoms with Crippen LogP contribution in [0.5, 0.6) is 11.5 Å². The summed E-state index contributed by atoms with van der Waals surface area (Å²) in [5.74, 6) is 1.40. The van der Waals surface area contributed by atoms with Crippen LogP contribution >= 0.6 is 0 Å². The molecule has 4 aromatic carbocycles. The fourth-order valence-electron chi connectivity index (χ4n) is 6.51. The van der Waals surface area contributed by atoms with Crippen molar-refractivity contribution in [3.05, 3.63) is 131 Å². The van der Waals surface area contributed by atoms with Gasteiger partial charge in [0.2, 0.25) is 23.3 Å². The quantitative estimate of drug-likeness (QED) is 0.0601. The first kappa shape index (κ1) is 60.9. The van der Waals surface area contributed by atoms with Crippen LogP contribution in [-0.4, -0.2) is 115 Å². The standard InChI is InChI=1S/C24H23F3N6O4.C20H16F3N5O2.C4H11NO.CO2.CH4/c1-15-29-21(23-30-20(32-37-23)17-7-9-19(10-8-17)36-24(25,26)27)31-33(15)14-16-5-3-6-18(13-16)22(34)28-11-4-12-35-2;1-12-4-3-5-14(10-12)11-28-13(2)24-18(26-28)19-25-17(27-30-19)15-6-8-16(9-7-15)29-20(21,22)23;1-6-4-2-3-5;2-1-3;/h3,5-10,13H,4,11-12,14H2,1-2H3,(H,28,34);3-10H,11H2,1-2H3;2-5H2,1H3;;1H4. The number of carbonyl (C=O) groups is 1. The number of rotatable bonds is 18. The molecule has 0 fully saturated rings. The van der Waals surface area contributed by atoms with E-state index in [1.165, 1.54) is 36.4 Å². The molecule has 0 unspecified atom stereocenters. The Morgan fingerprint density at radius 3 is 1.49 bits per heavy atom. The largest absolute Gasteiger partial charge is 0.573 e. The number of amides is 1. The number of ether oxygens (including phenoxy) is 4. The summed E-state index contributed by atoms with van der Waals surface area (Å²) in [6, 6.07) is 25.5. The molecule has 0 aliphatic rings.